The predicted octanol–water partition coefficient (Wildman–Crippen LogP) is 7.23. The number of unbranched alkanes of at least 4 members (excludes halogenated alkanes) is 4. The molecule has 0 saturated carbocycles. The van der Waals surface area contributed by atoms with Crippen LogP contribution in [0.5, 0.6) is 11.5 Å². The number of carbonyl (C=O) groups is 1. The highest BCUT2D eigenvalue weighted by atomic mass is 16.5. The van der Waals surface area contributed by atoms with Crippen molar-refractivity contribution in [1.82, 2.24) is 0 Å². The number of esters is 1. The number of hydrogen-bond acceptors (Lipinski definition) is 3. The van der Waals surface area contributed by atoms with Crippen LogP contribution in [0.4, 0.5) is 0 Å². The lowest BCUT2D eigenvalue weighted by atomic mass is 10.0. The molecule has 0 fully saturated rings. The minimum Gasteiger partial charge on any atom is -0.494 e. The van der Waals surface area contributed by atoms with Crippen LogP contribution in [0.2, 0.25) is 0 Å². The lowest BCUT2D eigenvalue weighted by molar-refractivity contribution is 0.0734. The third kappa shape index (κ3) is 6.48. The van der Waals surface area contributed by atoms with Crippen LogP contribution in [0.15, 0.2) is 72.8 Å². The summed E-state index contributed by atoms with van der Waals surface area (Å²) >= 11 is 0. The molecule has 3 nitrogen and oxygen atoms in total. The average molecular weight is 403 g/mol. The number of hydrogen-bond donors (Lipinski definition) is 0. The minimum absolute atomic E-state index is 0.366. The average Bonchev–Trinajstić information content (AvgIpc) is 2.78. The maximum Gasteiger partial charge on any atom is 0.343 e. The van der Waals surface area contributed by atoms with Gasteiger partial charge in [0.15, 0.2) is 0 Å². The highest BCUT2D eigenvalue weighted by Crippen LogP contribution is 2.22. The Morgan fingerprint density at radius 1 is 0.700 bits per heavy atom. The number of carbonyl (C=O) groups excluding carboxylic acids is 1. The van der Waals surface area contributed by atoms with Crippen LogP contribution in [0.25, 0.3) is 11.1 Å². The van der Waals surface area contributed by atoms with E-state index in [0.29, 0.717) is 11.3 Å². The standard InChI is InChI=1S/C27H30O3/c1-3-4-5-6-7-20-29-25-16-18-26(19-17-25)30-27(28)24-14-12-23(13-15-24)22-10-8-21(2)9-11-22/h8-19H,3-7,20H2,1-2H3. The Morgan fingerprint density at radius 2 is 1.27 bits per heavy atom. The fourth-order valence-electron chi connectivity index (χ4n) is 3.21. The Morgan fingerprint density at radius 3 is 1.90 bits per heavy atom. The first-order valence-electron chi connectivity index (χ1n) is 10.8. The van der Waals surface area contributed by atoms with Gasteiger partial charge in [0, 0.05) is 0 Å². The highest BCUT2D eigenvalue weighted by molar-refractivity contribution is 5.91. The Bertz CT molecular complexity index is 910. The quantitative estimate of drug-likeness (QED) is 0.204. The van der Waals surface area contributed by atoms with Gasteiger partial charge < -0.3 is 9.47 Å². The third-order valence-electron chi connectivity index (χ3n) is 5.06. The van der Waals surface area contributed by atoms with Crippen molar-refractivity contribution >= 4 is 5.97 Å². The molecule has 0 N–H and O–H groups in total. The molecule has 0 saturated heterocycles. The Kier molecular flexibility index (Phi) is 8.08. The zero-order chi connectivity index (χ0) is 21.2. The summed E-state index contributed by atoms with van der Waals surface area (Å²) in [5.74, 6) is 0.945. The second-order valence-electron chi connectivity index (χ2n) is 7.57. The molecule has 0 atom stereocenters. The van der Waals surface area contributed by atoms with Gasteiger partial charge in [0.05, 0.1) is 12.2 Å². The minimum atomic E-state index is -0.366. The first-order chi connectivity index (χ1) is 14.7. The molecule has 0 aliphatic carbocycles. The van der Waals surface area contributed by atoms with E-state index in [1.165, 1.54) is 31.2 Å². The maximum absolute atomic E-state index is 12.4. The Balaban J connectivity index is 1.50. The van der Waals surface area contributed by atoms with E-state index < -0.39 is 0 Å². The molecule has 0 amide bonds. The van der Waals surface area contributed by atoms with Gasteiger partial charge in [-0.15, -0.1) is 0 Å². The van der Waals surface area contributed by atoms with E-state index in [2.05, 4.69) is 38.1 Å². The molecule has 0 radical (unpaired) electrons. The Labute approximate surface area is 179 Å². The molecular weight excluding hydrogens is 372 g/mol. The first kappa shape index (κ1) is 21.6. The molecule has 3 aromatic rings. The second-order valence-corrected chi connectivity index (χ2v) is 7.57. The topological polar surface area (TPSA) is 35.5 Å². The molecule has 0 aromatic heterocycles. The molecule has 3 rings (SSSR count). The van der Waals surface area contributed by atoms with Crippen molar-refractivity contribution in [3.8, 4) is 22.6 Å². The smallest absolute Gasteiger partial charge is 0.343 e. The van der Waals surface area contributed by atoms with Crippen LogP contribution in [0, 0.1) is 6.92 Å². The van der Waals surface area contributed by atoms with Crippen LogP contribution in [-0.2, 0) is 0 Å². The normalized spacial score (nSPS) is 10.6. The van der Waals surface area contributed by atoms with Gasteiger partial charge in [-0.3, -0.25) is 0 Å². The molecule has 0 heterocycles. The van der Waals surface area contributed by atoms with Gasteiger partial charge in [0.1, 0.15) is 11.5 Å². The van der Waals surface area contributed by atoms with Crippen molar-refractivity contribution in [2.75, 3.05) is 6.61 Å². The number of benzene rings is 3. The van der Waals surface area contributed by atoms with E-state index in [4.69, 9.17) is 9.47 Å². The molecule has 30 heavy (non-hydrogen) atoms. The number of aryl methyl sites for hydroxylation is 1. The fourth-order valence-corrected chi connectivity index (χ4v) is 3.21. The summed E-state index contributed by atoms with van der Waals surface area (Å²) < 4.78 is 11.2. The summed E-state index contributed by atoms with van der Waals surface area (Å²) in [5.41, 5.74) is 3.95. The zero-order valence-electron chi connectivity index (χ0n) is 17.9. The van der Waals surface area contributed by atoms with E-state index in [1.54, 1.807) is 24.3 Å². The molecule has 3 heteroatoms. The van der Waals surface area contributed by atoms with Gasteiger partial charge in [-0.05, 0) is 60.9 Å². The van der Waals surface area contributed by atoms with Crippen LogP contribution in [-0.4, -0.2) is 12.6 Å². The molecule has 3 aromatic carbocycles. The molecule has 0 bridgehead atoms. The van der Waals surface area contributed by atoms with Crippen molar-refractivity contribution < 1.29 is 14.3 Å². The van der Waals surface area contributed by atoms with E-state index in [9.17, 15) is 4.79 Å². The molecule has 156 valence electrons. The second kappa shape index (κ2) is 11.2. The molecule has 0 unspecified atom stereocenters. The van der Waals surface area contributed by atoms with Gasteiger partial charge in [0.25, 0.3) is 0 Å². The van der Waals surface area contributed by atoms with Gasteiger partial charge in [-0.25, -0.2) is 4.79 Å². The van der Waals surface area contributed by atoms with E-state index >= 15 is 0 Å². The summed E-state index contributed by atoms with van der Waals surface area (Å²) in [6, 6.07) is 23.0. The summed E-state index contributed by atoms with van der Waals surface area (Å²) in [6.07, 6.45) is 6.06. The van der Waals surface area contributed by atoms with Crippen molar-refractivity contribution in [2.45, 2.75) is 46.0 Å². The lowest BCUT2D eigenvalue weighted by Crippen LogP contribution is -2.08. The third-order valence-corrected chi connectivity index (χ3v) is 5.06. The van der Waals surface area contributed by atoms with E-state index in [1.807, 2.05) is 24.3 Å². The van der Waals surface area contributed by atoms with Crippen molar-refractivity contribution in [1.29, 1.82) is 0 Å². The van der Waals surface area contributed by atoms with Gasteiger partial charge >= 0.3 is 5.97 Å². The summed E-state index contributed by atoms with van der Waals surface area (Å²) in [6.45, 7) is 5.00. The number of rotatable bonds is 10. The van der Waals surface area contributed by atoms with E-state index in [-0.39, 0.29) is 5.97 Å². The molecular formula is C27H30O3. The molecule has 0 aliphatic heterocycles. The van der Waals surface area contributed by atoms with Crippen LogP contribution >= 0.6 is 0 Å². The maximum atomic E-state index is 12.4. The predicted molar refractivity (Wildman–Crippen MR) is 122 cm³/mol. The first-order valence-corrected chi connectivity index (χ1v) is 10.8. The highest BCUT2D eigenvalue weighted by Gasteiger charge is 2.09. The van der Waals surface area contributed by atoms with Gasteiger partial charge in [-0.2, -0.15) is 0 Å². The van der Waals surface area contributed by atoms with E-state index in [0.717, 1.165) is 29.9 Å². The summed E-state index contributed by atoms with van der Waals surface area (Å²) in [4.78, 5) is 12.4. The molecule has 0 spiro atoms. The lowest BCUT2D eigenvalue weighted by Gasteiger charge is -2.08. The van der Waals surface area contributed by atoms with Crippen LogP contribution < -0.4 is 9.47 Å². The Hall–Kier alpha value is -3.07. The SMILES string of the molecule is CCCCCCCOc1ccc(OC(=O)c2ccc(-c3ccc(C)cc3)cc2)cc1. The van der Waals surface area contributed by atoms with Gasteiger partial charge in [0.2, 0.25) is 0 Å². The number of ether oxygens (including phenoxy) is 2. The van der Waals surface area contributed by atoms with Gasteiger partial charge in [-0.1, -0.05) is 74.6 Å². The summed E-state index contributed by atoms with van der Waals surface area (Å²) in [7, 11) is 0. The zero-order valence-corrected chi connectivity index (χ0v) is 17.9. The van der Waals surface area contributed by atoms with Crippen molar-refractivity contribution in [3.63, 3.8) is 0 Å². The largest absolute Gasteiger partial charge is 0.494 e. The van der Waals surface area contributed by atoms with Crippen molar-refractivity contribution in [3.05, 3.63) is 83.9 Å². The fraction of sp³-hybridized carbons (Fsp3) is 0.296. The van der Waals surface area contributed by atoms with Crippen LogP contribution in [0.1, 0.15) is 54.9 Å². The van der Waals surface area contributed by atoms with Crippen molar-refractivity contribution in [2.24, 2.45) is 0 Å². The molecule has 0 aliphatic rings. The summed E-state index contributed by atoms with van der Waals surface area (Å²) in [5, 5.41) is 0. The van der Waals surface area contributed by atoms with Crippen LogP contribution in [0.3, 0.4) is 0 Å². The monoisotopic (exact) mass is 402 g/mol.